The van der Waals surface area contributed by atoms with E-state index in [1.54, 1.807) is 21.9 Å². The van der Waals surface area contributed by atoms with E-state index in [-0.39, 0.29) is 11.8 Å². The van der Waals surface area contributed by atoms with Gasteiger partial charge >= 0.3 is 0 Å². The fourth-order valence-electron chi connectivity index (χ4n) is 3.17. The van der Waals surface area contributed by atoms with Crippen LogP contribution in [0.3, 0.4) is 0 Å². The van der Waals surface area contributed by atoms with Gasteiger partial charge in [0.2, 0.25) is 0 Å². The fraction of sp³-hybridized carbons (Fsp3) is 0.400. The highest BCUT2D eigenvalue weighted by atomic mass is 16.5. The molecule has 0 spiro atoms. The van der Waals surface area contributed by atoms with Crippen LogP contribution in [0.4, 0.5) is 0 Å². The summed E-state index contributed by atoms with van der Waals surface area (Å²) in [5, 5.41) is 0. The van der Waals surface area contributed by atoms with Crippen molar-refractivity contribution >= 4 is 11.8 Å². The number of piperazine rings is 1. The second-order valence-corrected chi connectivity index (χ2v) is 6.43. The van der Waals surface area contributed by atoms with E-state index < -0.39 is 0 Å². The summed E-state index contributed by atoms with van der Waals surface area (Å²) < 4.78 is 10.8. The van der Waals surface area contributed by atoms with E-state index in [9.17, 15) is 9.59 Å². The van der Waals surface area contributed by atoms with Crippen LogP contribution in [0, 0.1) is 13.8 Å². The molecule has 1 aliphatic rings. The van der Waals surface area contributed by atoms with Crippen LogP contribution >= 0.6 is 0 Å². The van der Waals surface area contributed by atoms with Gasteiger partial charge in [-0.05, 0) is 56.2 Å². The van der Waals surface area contributed by atoms with Crippen molar-refractivity contribution in [2.75, 3.05) is 32.8 Å². The van der Waals surface area contributed by atoms with Crippen molar-refractivity contribution in [3.63, 3.8) is 0 Å². The van der Waals surface area contributed by atoms with E-state index in [2.05, 4.69) is 0 Å². The van der Waals surface area contributed by atoms with Crippen LogP contribution in [-0.2, 0) is 0 Å². The van der Waals surface area contributed by atoms with E-state index in [1.165, 1.54) is 6.26 Å². The van der Waals surface area contributed by atoms with Gasteiger partial charge in [0.15, 0.2) is 5.76 Å². The molecule has 1 aliphatic heterocycles. The molecular weight excluding hydrogens is 332 g/mol. The Balaban J connectivity index is 1.67. The molecule has 26 heavy (non-hydrogen) atoms. The molecule has 0 bridgehead atoms. The first kappa shape index (κ1) is 18.0. The van der Waals surface area contributed by atoms with Gasteiger partial charge in [0.05, 0.1) is 12.9 Å². The third-order valence-corrected chi connectivity index (χ3v) is 4.64. The second-order valence-electron chi connectivity index (χ2n) is 6.43. The van der Waals surface area contributed by atoms with Gasteiger partial charge in [-0.1, -0.05) is 0 Å². The summed E-state index contributed by atoms with van der Waals surface area (Å²) in [4.78, 5) is 28.8. The number of carbonyl (C=O) groups excluding carboxylic acids is 2. The largest absolute Gasteiger partial charge is 0.494 e. The first-order valence-corrected chi connectivity index (χ1v) is 8.87. The zero-order valence-corrected chi connectivity index (χ0v) is 15.4. The van der Waals surface area contributed by atoms with Crippen LogP contribution in [0.5, 0.6) is 5.75 Å². The van der Waals surface area contributed by atoms with E-state index in [4.69, 9.17) is 9.15 Å². The van der Waals surface area contributed by atoms with Crippen molar-refractivity contribution in [3.8, 4) is 5.75 Å². The van der Waals surface area contributed by atoms with Crippen molar-refractivity contribution in [2.24, 2.45) is 0 Å². The summed E-state index contributed by atoms with van der Waals surface area (Å²) in [5.41, 5.74) is 2.54. The number of furan rings is 1. The number of carbonyl (C=O) groups is 2. The Bertz CT molecular complexity index is 790. The number of hydrogen-bond donors (Lipinski definition) is 0. The SMILES string of the molecule is CCOc1cc(C)c(C(=O)N2CCN(C(=O)c3ccco3)CC2)cc1C. The highest BCUT2D eigenvalue weighted by Gasteiger charge is 2.27. The van der Waals surface area contributed by atoms with E-state index >= 15 is 0 Å². The maximum absolute atomic E-state index is 12.9. The molecule has 0 atom stereocenters. The lowest BCUT2D eigenvalue weighted by Crippen LogP contribution is -2.50. The Morgan fingerprint density at radius 1 is 1.04 bits per heavy atom. The highest BCUT2D eigenvalue weighted by molar-refractivity contribution is 5.96. The minimum Gasteiger partial charge on any atom is -0.494 e. The molecule has 2 amide bonds. The molecule has 2 aromatic rings. The smallest absolute Gasteiger partial charge is 0.289 e. The molecule has 0 radical (unpaired) electrons. The molecule has 6 heteroatoms. The van der Waals surface area contributed by atoms with Crippen molar-refractivity contribution in [1.29, 1.82) is 0 Å². The van der Waals surface area contributed by atoms with Crippen molar-refractivity contribution in [2.45, 2.75) is 20.8 Å². The lowest BCUT2D eigenvalue weighted by atomic mass is 10.0. The predicted octanol–water partition coefficient (Wildman–Crippen LogP) is 2.89. The molecule has 0 unspecified atom stereocenters. The molecule has 0 aliphatic carbocycles. The molecule has 138 valence electrons. The molecule has 1 aromatic heterocycles. The van der Waals surface area contributed by atoms with Crippen molar-refractivity contribution < 1.29 is 18.7 Å². The summed E-state index contributed by atoms with van der Waals surface area (Å²) in [7, 11) is 0. The minimum absolute atomic E-state index is 0.00116. The maximum Gasteiger partial charge on any atom is 0.289 e. The summed E-state index contributed by atoms with van der Waals surface area (Å²) in [6, 6.07) is 7.17. The van der Waals surface area contributed by atoms with E-state index in [0.717, 1.165) is 16.9 Å². The summed E-state index contributed by atoms with van der Waals surface area (Å²) in [6.45, 7) is 8.43. The number of rotatable bonds is 4. The molecule has 1 aromatic carbocycles. The molecular formula is C20H24N2O4. The van der Waals surface area contributed by atoms with Gasteiger partial charge in [-0.3, -0.25) is 9.59 Å². The van der Waals surface area contributed by atoms with Crippen LogP contribution < -0.4 is 4.74 Å². The Labute approximate surface area is 153 Å². The number of aryl methyl sites for hydroxylation is 2. The molecule has 0 saturated carbocycles. The topological polar surface area (TPSA) is 63.0 Å². The van der Waals surface area contributed by atoms with Gasteiger partial charge in [0, 0.05) is 31.7 Å². The highest BCUT2D eigenvalue weighted by Crippen LogP contribution is 2.24. The Morgan fingerprint density at radius 3 is 2.27 bits per heavy atom. The van der Waals surface area contributed by atoms with Gasteiger partial charge in [0.1, 0.15) is 5.75 Å². The Morgan fingerprint density at radius 2 is 1.69 bits per heavy atom. The molecule has 3 rings (SSSR count). The van der Waals surface area contributed by atoms with Gasteiger partial charge < -0.3 is 19.0 Å². The lowest BCUT2D eigenvalue weighted by Gasteiger charge is -2.34. The number of nitrogens with zero attached hydrogens (tertiary/aromatic N) is 2. The molecule has 0 N–H and O–H groups in total. The van der Waals surface area contributed by atoms with Gasteiger partial charge in [-0.15, -0.1) is 0 Å². The number of benzene rings is 1. The van der Waals surface area contributed by atoms with Crippen molar-refractivity contribution in [3.05, 3.63) is 53.0 Å². The van der Waals surface area contributed by atoms with Crippen LogP contribution in [0.25, 0.3) is 0 Å². The number of amides is 2. The van der Waals surface area contributed by atoms with Crippen LogP contribution in [-0.4, -0.2) is 54.4 Å². The first-order chi connectivity index (χ1) is 12.5. The quantitative estimate of drug-likeness (QED) is 0.845. The second kappa shape index (κ2) is 7.64. The summed E-state index contributed by atoms with van der Waals surface area (Å²) >= 11 is 0. The summed E-state index contributed by atoms with van der Waals surface area (Å²) in [5.74, 6) is 1.02. The maximum atomic E-state index is 12.9. The first-order valence-electron chi connectivity index (χ1n) is 8.87. The monoisotopic (exact) mass is 356 g/mol. The third kappa shape index (κ3) is 3.59. The van der Waals surface area contributed by atoms with Crippen LogP contribution in [0.15, 0.2) is 34.9 Å². The van der Waals surface area contributed by atoms with Crippen LogP contribution in [0.2, 0.25) is 0 Å². The predicted molar refractivity (Wildman–Crippen MR) is 97.6 cm³/mol. The Hall–Kier alpha value is -2.76. The van der Waals surface area contributed by atoms with E-state index in [0.29, 0.717) is 44.1 Å². The zero-order chi connectivity index (χ0) is 18.7. The Kier molecular flexibility index (Phi) is 5.30. The van der Waals surface area contributed by atoms with E-state index in [1.807, 2.05) is 32.9 Å². The summed E-state index contributed by atoms with van der Waals surface area (Å²) in [6.07, 6.45) is 1.49. The van der Waals surface area contributed by atoms with Gasteiger partial charge in [-0.2, -0.15) is 0 Å². The molecule has 6 nitrogen and oxygen atoms in total. The lowest BCUT2D eigenvalue weighted by molar-refractivity contribution is 0.0517. The molecule has 1 fully saturated rings. The third-order valence-electron chi connectivity index (χ3n) is 4.64. The minimum atomic E-state index is -0.129. The zero-order valence-electron chi connectivity index (χ0n) is 15.4. The standard InChI is InChI=1S/C20H24N2O4/c1-4-25-18-13-14(2)16(12-15(18)3)19(23)21-7-9-22(10-8-21)20(24)17-6-5-11-26-17/h5-6,11-13H,4,7-10H2,1-3H3. The molecule has 1 saturated heterocycles. The van der Waals surface area contributed by atoms with Crippen molar-refractivity contribution in [1.82, 2.24) is 9.80 Å². The van der Waals surface area contributed by atoms with Crippen LogP contribution in [0.1, 0.15) is 39.0 Å². The average molecular weight is 356 g/mol. The van der Waals surface area contributed by atoms with Gasteiger partial charge in [0.25, 0.3) is 11.8 Å². The van der Waals surface area contributed by atoms with Gasteiger partial charge in [-0.25, -0.2) is 0 Å². The number of ether oxygens (including phenoxy) is 1. The fourth-order valence-corrected chi connectivity index (χ4v) is 3.17. The average Bonchev–Trinajstić information content (AvgIpc) is 3.18. The molecule has 2 heterocycles. The normalized spacial score (nSPS) is 14.4. The number of hydrogen-bond acceptors (Lipinski definition) is 4.